The van der Waals surface area contributed by atoms with E-state index in [1.165, 1.54) is 25.7 Å². The van der Waals surface area contributed by atoms with Crippen LogP contribution in [-0.2, 0) is 4.79 Å². The van der Waals surface area contributed by atoms with E-state index < -0.39 is 0 Å². The molecule has 1 aliphatic carbocycles. The molecule has 0 spiro atoms. The summed E-state index contributed by atoms with van der Waals surface area (Å²) in [4.78, 5) is 16.1. The molecular weight excluding hydrogens is 258 g/mol. The average molecular weight is 283 g/mol. The molecule has 2 rings (SSSR count). The molecule has 4 nitrogen and oxygen atoms in total. The van der Waals surface area contributed by atoms with E-state index in [0.717, 1.165) is 16.8 Å². The Bertz CT molecular complexity index is 362. The molecule has 2 fully saturated rings. The second kappa shape index (κ2) is 6.16. The number of carbonyl (C=O) groups is 1. The van der Waals surface area contributed by atoms with Gasteiger partial charge in [-0.3, -0.25) is 9.79 Å². The van der Waals surface area contributed by atoms with Crippen LogP contribution in [0, 0.1) is 5.92 Å². The Labute approximate surface area is 120 Å². The molecule has 2 N–H and O–H groups in total. The van der Waals surface area contributed by atoms with Gasteiger partial charge in [0.15, 0.2) is 5.17 Å². The van der Waals surface area contributed by atoms with Crippen LogP contribution < -0.4 is 10.6 Å². The van der Waals surface area contributed by atoms with Gasteiger partial charge in [-0.15, -0.1) is 0 Å². The van der Waals surface area contributed by atoms with E-state index in [0.29, 0.717) is 6.04 Å². The number of carbonyl (C=O) groups excluding carboxylic acids is 1. The Balaban J connectivity index is 1.82. The van der Waals surface area contributed by atoms with Crippen LogP contribution in [0.3, 0.4) is 0 Å². The van der Waals surface area contributed by atoms with Gasteiger partial charge in [0.05, 0.1) is 0 Å². The van der Waals surface area contributed by atoms with Gasteiger partial charge in [-0.1, -0.05) is 24.6 Å². The molecule has 0 radical (unpaired) electrons. The van der Waals surface area contributed by atoms with Crippen molar-refractivity contribution in [2.24, 2.45) is 10.9 Å². The van der Waals surface area contributed by atoms with Crippen molar-refractivity contribution in [2.75, 3.05) is 12.3 Å². The van der Waals surface area contributed by atoms with E-state index in [1.807, 2.05) is 20.8 Å². The Hall–Kier alpha value is -0.710. The van der Waals surface area contributed by atoms with Gasteiger partial charge < -0.3 is 10.6 Å². The van der Waals surface area contributed by atoms with E-state index >= 15 is 0 Å². The van der Waals surface area contributed by atoms with Gasteiger partial charge in [0.2, 0.25) is 5.91 Å². The number of amidine groups is 1. The zero-order valence-corrected chi connectivity index (χ0v) is 13.0. The minimum Gasteiger partial charge on any atom is -0.362 e. The summed E-state index contributed by atoms with van der Waals surface area (Å²) in [7, 11) is 0. The maximum absolute atomic E-state index is 11.7. The van der Waals surface area contributed by atoms with Crippen LogP contribution >= 0.6 is 11.8 Å². The molecule has 0 aromatic heterocycles. The quantitative estimate of drug-likeness (QED) is 0.816. The number of aliphatic imine (C=N–C) groups is 1. The molecule has 1 aliphatic heterocycles. The van der Waals surface area contributed by atoms with E-state index in [4.69, 9.17) is 0 Å². The van der Waals surface area contributed by atoms with Gasteiger partial charge in [0, 0.05) is 17.3 Å². The van der Waals surface area contributed by atoms with Crippen molar-refractivity contribution in [1.82, 2.24) is 10.6 Å². The number of nitrogens with zero attached hydrogens (tertiary/aromatic N) is 1. The standard InChI is InChI=1S/C14H25N3OS/c1-14(2,3)17-12(18)8-15-13-16-11-7-5-4-6-10(11)9-19-13/h10-11H,4-9H2,1-3H3,(H,15,16)(H,17,18). The number of nitrogens with one attached hydrogen (secondary N) is 2. The first-order valence-corrected chi connectivity index (χ1v) is 8.17. The van der Waals surface area contributed by atoms with Gasteiger partial charge in [0.25, 0.3) is 0 Å². The Morgan fingerprint density at radius 3 is 2.89 bits per heavy atom. The molecule has 108 valence electrons. The van der Waals surface area contributed by atoms with Gasteiger partial charge in [-0.2, -0.15) is 0 Å². The lowest BCUT2D eigenvalue weighted by molar-refractivity contribution is -0.121. The fraction of sp³-hybridized carbons (Fsp3) is 0.857. The van der Waals surface area contributed by atoms with Crippen molar-refractivity contribution in [3.8, 4) is 0 Å². The normalized spacial score (nSPS) is 29.5. The highest BCUT2D eigenvalue weighted by molar-refractivity contribution is 8.13. The van der Waals surface area contributed by atoms with Crippen LogP contribution in [0.15, 0.2) is 4.99 Å². The summed E-state index contributed by atoms with van der Waals surface area (Å²) in [5, 5.41) is 7.39. The zero-order chi connectivity index (χ0) is 13.9. The van der Waals surface area contributed by atoms with Gasteiger partial charge in [0.1, 0.15) is 6.54 Å². The van der Waals surface area contributed by atoms with Gasteiger partial charge >= 0.3 is 0 Å². The molecule has 1 amide bonds. The topological polar surface area (TPSA) is 53.5 Å². The van der Waals surface area contributed by atoms with Crippen molar-refractivity contribution in [3.63, 3.8) is 0 Å². The predicted octanol–water partition coefficient (Wildman–Crippen LogP) is 2.15. The smallest absolute Gasteiger partial charge is 0.242 e. The van der Waals surface area contributed by atoms with Gasteiger partial charge in [-0.05, 0) is 39.5 Å². The molecule has 1 heterocycles. The van der Waals surface area contributed by atoms with Crippen LogP contribution in [-0.4, -0.2) is 35.0 Å². The first kappa shape index (κ1) is 14.7. The first-order valence-electron chi connectivity index (χ1n) is 7.19. The number of fused-ring (bicyclic) bond motifs is 1. The summed E-state index contributed by atoms with van der Waals surface area (Å²) < 4.78 is 0. The van der Waals surface area contributed by atoms with Crippen LogP contribution in [0.1, 0.15) is 46.5 Å². The first-order chi connectivity index (χ1) is 8.94. The molecule has 2 unspecified atom stereocenters. The highest BCUT2D eigenvalue weighted by atomic mass is 32.2. The molecule has 0 bridgehead atoms. The third kappa shape index (κ3) is 4.71. The molecule has 0 aromatic carbocycles. The minimum atomic E-state index is -0.182. The summed E-state index contributed by atoms with van der Waals surface area (Å²) in [6, 6.07) is 0.583. The SMILES string of the molecule is CC(C)(C)NC(=O)CN=C1NC2CCCCC2CS1. The van der Waals surface area contributed by atoms with Crippen LogP contribution in [0.4, 0.5) is 0 Å². The van der Waals surface area contributed by atoms with E-state index in [1.54, 1.807) is 11.8 Å². The maximum Gasteiger partial charge on any atom is 0.242 e. The number of amides is 1. The van der Waals surface area contributed by atoms with Crippen LogP contribution in [0.25, 0.3) is 0 Å². The fourth-order valence-electron chi connectivity index (χ4n) is 2.68. The molecule has 19 heavy (non-hydrogen) atoms. The molecule has 0 aromatic rings. The third-order valence-electron chi connectivity index (χ3n) is 3.53. The highest BCUT2D eigenvalue weighted by Gasteiger charge is 2.30. The van der Waals surface area contributed by atoms with Crippen LogP contribution in [0.5, 0.6) is 0 Å². The number of thioether (sulfide) groups is 1. The van der Waals surface area contributed by atoms with Crippen molar-refractivity contribution >= 4 is 22.8 Å². The summed E-state index contributed by atoms with van der Waals surface area (Å²) in [5.74, 6) is 1.94. The summed E-state index contributed by atoms with van der Waals surface area (Å²) in [6.07, 6.45) is 5.27. The van der Waals surface area contributed by atoms with Gasteiger partial charge in [-0.25, -0.2) is 0 Å². The Morgan fingerprint density at radius 2 is 2.16 bits per heavy atom. The van der Waals surface area contributed by atoms with E-state index in [-0.39, 0.29) is 18.0 Å². The molecule has 2 atom stereocenters. The fourth-order valence-corrected chi connectivity index (χ4v) is 3.84. The zero-order valence-electron chi connectivity index (χ0n) is 12.2. The van der Waals surface area contributed by atoms with E-state index in [2.05, 4.69) is 15.6 Å². The second-order valence-corrected chi connectivity index (χ2v) is 7.53. The number of hydrogen-bond donors (Lipinski definition) is 2. The van der Waals surface area contributed by atoms with Crippen molar-refractivity contribution < 1.29 is 4.79 Å². The highest BCUT2D eigenvalue weighted by Crippen LogP contribution is 2.31. The number of rotatable bonds is 2. The molecule has 1 saturated heterocycles. The summed E-state index contributed by atoms with van der Waals surface area (Å²) in [5.41, 5.74) is -0.182. The van der Waals surface area contributed by atoms with Crippen molar-refractivity contribution in [2.45, 2.75) is 58.0 Å². The van der Waals surface area contributed by atoms with E-state index in [9.17, 15) is 4.79 Å². The molecular formula is C14H25N3OS. The molecule has 5 heteroatoms. The molecule has 2 aliphatic rings. The third-order valence-corrected chi connectivity index (χ3v) is 4.65. The Kier molecular flexibility index (Phi) is 4.76. The average Bonchev–Trinajstić information content (AvgIpc) is 2.34. The number of hydrogen-bond acceptors (Lipinski definition) is 3. The molecule has 1 saturated carbocycles. The minimum absolute atomic E-state index is 0.00633. The summed E-state index contributed by atoms with van der Waals surface area (Å²) in [6.45, 7) is 6.18. The lowest BCUT2D eigenvalue weighted by atomic mass is 9.86. The van der Waals surface area contributed by atoms with Crippen molar-refractivity contribution in [1.29, 1.82) is 0 Å². The second-order valence-electron chi connectivity index (χ2n) is 6.53. The predicted molar refractivity (Wildman–Crippen MR) is 81.5 cm³/mol. The van der Waals surface area contributed by atoms with Crippen molar-refractivity contribution in [3.05, 3.63) is 0 Å². The maximum atomic E-state index is 11.7. The van der Waals surface area contributed by atoms with Crippen LogP contribution in [0.2, 0.25) is 0 Å². The largest absolute Gasteiger partial charge is 0.362 e. The summed E-state index contributed by atoms with van der Waals surface area (Å²) >= 11 is 1.77. The Morgan fingerprint density at radius 1 is 1.42 bits per heavy atom. The lowest BCUT2D eigenvalue weighted by Crippen LogP contribution is -2.47. The lowest BCUT2D eigenvalue weighted by Gasteiger charge is -2.36. The monoisotopic (exact) mass is 283 g/mol.